The van der Waals surface area contributed by atoms with Gasteiger partial charge in [-0.15, -0.1) is 0 Å². The van der Waals surface area contributed by atoms with Crippen LogP contribution in [0.4, 0.5) is 10.5 Å². The second-order valence-electron chi connectivity index (χ2n) is 6.76. The number of hydrogen-bond acceptors (Lipinski definition) is 4. The summed E-state index contributed by atoms with van der Waals surface area (Å²) in [6, 6.07) is 12.3. The van der Waals surface area contributed by atoms with E-state index in [2.05, 4.69) is 27.9 Å². The zero-order valence-corrected chi connectivity index (χ0v) is 17.9. The van der Waals surface area contributed by atoms with Crippen LogP contribution in [0.25, 0.3) is 0 Å². The number of amides is 3. The molecule has 1 N–H and O–H groups in total. The monoisotopic (exact) mass is 492 g/mol. The van der Waals surface area contributed by atoms with Crippen molar-refractivity contribution in [3.8, 4) is 0 Å². The van der Waals surface area contributed by atoms with Crippen LogP contribution in [0.5, 0.6) is 0 Å². The van der Waals surface area contributed by atoms with Crippen molar-refractivity contribution in [1.29, 1.82) is 0 Å². The molecule has 0 aromatic heterocycles. The highest BCUT2D eigenvalue weighted by atomic mass is 127. The molecule has 0 saturated carbocycles. The number of anilines is 1. The average molecular weight is 492 g/mol. The molecule has 1 atom stereocenters. The van der Waals surface area contributed by atoms with Crippen molar-refractivity contribution < 1.29 is 19.1 Å². The van der Waals surface area contributed by atoms with Gasteiger partial charge in [0.2, 0.25) is 11.8 Å². The second kappa shape index (κ2) is 8.72. The first-order chi connectivity index (χ1) is 13.4. The largest absolute Gasteiger partial charge is 0.444 e. The van der Waals surface area contributed by atoms with Gasteiger partial charge in [0.25, 0.3) is 0 Å². The van der Waals surface area contributed by atoms with E-state index >= 15 is 0 Å². The summed E-state index contributed by atoms with van der Waals surface area (Å²) in [6.45, 7) is 3.88. The van der Waals surface area contributed by atoms with Gasteiger partial charge >= 0.3 is 6.09 Å². The van der Waals surface area contributed by atoms with Crippen LogP contribution in [0.2, 0.25) is 0 Å². The summed E-state index contributed by atoms with van der Waals surface area (Å²) in [6.07, 6.45) is -0.362. The number of aryl methyl sites for hydroxylation is 2. The molecule has 1 aliphatic rings. The van der Waals surface area contributed by atoms with Gasteiger partial charge in [-0.2, -0.15) is 0 Å². The number of nitrogens with zero attached hydrogens (tertiary/aromatic N) is 1. The van der Waals surface area contributed by atoms with Gasteiger partial charge in [0, 0.05) is 15.7 Å². The molecule has 1 fully saturated rings. The SMILES string of the molecule is Cc1cc(I)cc(C)c1NC(=O)[C@@H]1CCC(=O)N1C(=O)OCc1ccccc1. The Balaban J connectivity index is 1.71. The van der Waals surface area contributed by atoms with Gasteiger partial charge in [-0.05, 0) is 71.7 Å². The van der Waals surface area contributed by atoms with E-state index in [0.29, 0.717) is 5.69 Å². The average Bonchev–Trinajstić information content (AvgIpc) is 3.05. The van der Waals surface area contributed by atoms with E-state index in [9.17, 15) is 14.4 Å². The van der Waals surface area contributed by atoms with E-state index in [-0.39, 0.29) is 25.4 Å². The van der Waals surface area contributed by atoms with Crippen LogP contribution in [0, 0.1) is 17.4 Å². The fourth-order valence-electron chi connectivity index (χ4n) is 3.26. The van der Waals surface area contributed by atoms with Crippen molar-refractivity contribution in [3.05, 3.63) is 62.7 Å². The number of halogens is 1. The lowest BCUT2D eigenvalue weighted by molar-refractivity contribution is -0.131. The highest BCUT2D eigenvalue weighted by Crippen LogP contribution is 2.26. The molecule has 1 saturated heterocycles. The molecule has 1 aliphatic heterocycles. The topological polar surface area (TPSA) is 75.7 Å². The lowest BCUT2D eigenvalue weighted by Gasteiger charge is -2.22. The molecule has 28 heavy (non-hydrogen) atoms. The minimum absolute atomic E-state index is 0.0487. The van der Waals surface area contributed by atoms with Crippen LogP contribution in [-0.2, 0) is 20.9 Å². The quantitative estimate of drug-likeness (QED) is 0.651. The van der Waals surface area contributed by atoms with E-state index in [1.54, 1.807) is 0 Å². The summed E-state index contributed by atoms with van der Waals surface area (Å²) in [7, 11) is 0. The van der Waals surface area contributed by atoms with Gasteiger partial charge in [-0.3, -0.25) is 9.59 Å². The number of imide groups is 1. The maximum Gasteiger partial charge on any atom is 0.417 e. The molecule has 0 bridgehead atoms. The number of nitrogens with one attached hydrogen (secondary N) is 1. The van der Waals surface area contributed by atoms with Crippen LogP contribution >= 0.6 is 22.6 Å². The molecular weight excluding hydrogens is 471 g/mol. The maximum absolute atomic E-state index is 12.8. The van der Waals surface area contributed by atoms with E-state index < -0.39 is 18.0 Å². The lowest BCUT2D eigenvalue weighted by atomic mass is 10.1. The van der Waals surface area contributed by atoms with E-state index in [1.807, 2.05) is 56.3 Å². The van der Waals surface area contributed by atoms with Gasteiger partial charge in [0.1, 0.15) is 12.6 Å². The van der Waals surface area contributed by atoms with E-state index in [1.165, 1.54) is 0 Å². The van der Waals surface area contributed by atoms with Gasteiger partial charge in [0.05, 0.1) is 0 Å². The van der Waals surface area contributed by atoms with Crippen molar-refractivity contribution in [3.63, 3.8) is 0 Å². The zero-order valence-electron chi connectivity index (χ0n) is 15.7. The Morgan fingerprint density at radius 2 is 1.82 bits per heavy atom. The van der Waals surface area contributed by atoms with E-state index in [4.69, 9.17) is 4.74 Å². The summed E-state index contributed by atoms with van der Waals surface area (Å²) in [5, 5.41) is 2.88. The molecule has 0 spiro atoms. The zero-order chi connectivity index (χ0) is 20.3. The number of likely N-dealkylation sites (tertiary alicyclic amines) is 1. The van der Waals surface area contributed by atoms with Crippen molar-refractivity contribution in [2.75, 3.05) is 5.32 Å². The smallest absolute Gasteiger partial charge is 0.417 e. The molecule has 3 rings (SSSR count). The number of benzene rings is 2. The van der Waals surface area contributed by atoms with Crippen LogP contribution in [0.15, 0.2) is 42.5 Å². The van der Waals surface area contributed by atoms with E-state index in [0.717, 1.165) is 25.2 Å². The highest BCUT2D eigenvalue weighted by molar-refractivity contribution is 14.1. The van der Waals surface area contributed by atoms with Crippen LogP contribution in [0.1, 0.15) is 29.5 Å². The minimum Gasteiger partial charge on any atom is -0.444 e. The Kier molecular flexibility index (Phi) is 6.33. The molecular formula is C21H21IN2O4. The molecule has 1 heterocycles. The molecule has 2 aromatic rings. The van der Waals surface area contributed by atoms with Crippen LogP contribution < -0.4 is 5.32 Å². The number of carbonyl (C=O) groups excluding carboxylic acids is 3. The first kappa shape index (κ1) is 20.3. The maximum atomic E-state index is 12.8. The Hall–Kier alpha value is -2.42. The van der Waals surface area contributed by atoms with Gasteiger partial charge in [0.15, 0.2) is 0 Å². The second-order valence-corrected chi connectivity index (χ2v) is 8.01. The van der Waals surface area contributed by atoms with Crippen molar-refractivity contribution in [2.24, 2.45) is 0 Å². The third kappa shape index (κ3) is 4.52. The highest BCUT2D eigenvalue weighted by Gasteiger charge is 2.41. The summed E-state index contributed by atoms with van der Waals surface area (Å²) in [5.74, 6) is -0.774. The molecule has 2 aromatic carbocycles. The third-order valence-corrected chi connectivity index (χ3v) is 5.28. The van der Waals surface area contributed by atoms with Gasteiger partial charge in [-0.1, -0.05) is 30.3 Å². The molecule has 7 heteroatoms. The lowest BCUT2D eigenvalue weighted by Crippen LogP contribution is -2.45. The van der Waals surface area contributed by atoms with Crippen LogP contribution in [-0.4, -0.2) is 28.8 Å². The molecule has 3 amide bonds. The minimum atomic E-state index is -0.867. The fraction of sp³-hybridized carbons (Fsp3) is 0.286. The third-order valence-electron chi connectivity index (χ3n) is 4.66. The summed E-state index contributed by atoms with van der Waals surface area (Å²) >= 11 is 2.22. The first-order valence-electron chi connectivity index (χ1n) is 8.97. The number of rotatable bonds is 4. The molecule has 146 valence electrons. The van der Waals surface area contributed by atoms with Crippen LogP contribution in [0.3, 0.4) is 0 Å². The predicted octanol–water partition coefficient (Wildman–Crippen LogP) is 4.17. The summed E-state index contributed by atoms with van der Waals surface area (Å²) in [5.41, 5.74) is 3.39. The molecule has 0 radical (unpaired) electrons. The van der Waals surface area contributed by atoms with Crippen molar-refractivity contribution in [2.45, 2.75) is 39.3 Å². The Labute approximate surface area is 177 Å². The Morgan fingerprint density at radius 3 is 2.46 bits per heavy atom. The normalized spacial score (nSPS) is 16.2. The molecule has 6 nitrogen and oxygen atoms in total. The van der Waals surface area contributed by atoms with Gasteiger partial charge < -0.3 is 10.1 Å². The Morgan fingerprint density at radius 1 is 1.18 bits per heavy atom. The van der Waals surface area contributed by atoms with Crippen molar-refractivity contribution >= 4 is 46.2 Å². The summed E-state index contributed by atoms with van der Waals surface area (Å²) < 4.78 is 6.34. The summed E-state index contributed by atoms with van der Waals surface area (Å²) in [4.78, 5) is 38.5. The fourth-order valence-corrected chi connectivity index (χ4v) is 4.20. The number of carbonyl (C=O) groups is 3. The first-order valence-corrected chi connectivity index (χ1v) is 10.0. The standard InChI is InChI=1S/C21H21IN2O4/c1-13-10-16(22)11-14(2)19(13)23-20(26)17-8-9-18(25)24(17)21(27)28-12-15-6-4-3-5-7-15/h3-7,10-11,17H,8-9,12H2,1-2H3,(H,23,26)/t17-/m0/s1. The number of hydrogen-bond donors (Lipinski definition) is 1. The Bertz CT molecular complexity index is 891. The van der Waals surface area contributed by atoms with Crippen molar-refractivity contribution in [1.82, 2.24) is 4.90 Å². The van der Waals surface area contributed by atoms with Gasteiger partial charge in [-0.25, -0.2) is 9.69 Å². The molecule has 0 unspecified atom stereocenters. The number of ether oxygens (including phenoxy) is 1. The molecule has 0 aliphatic carbocycles. The predicted molar refractivity (Wildman–Crippen MR) is 114 cm³/mol.